The first-order valence-electron chi connectivity index (χ1n) is 8.01. The lowest BCUT2D eigenvalue weighted by Gasteiger charge is -2.22. The van der Waals surface area contributed by atoms with E-state index in [0.29, 0.717) is 0 Å². The molecule has 1 saturated heterocycles. The van der Waals surface area contributed by atoms with Crippen molar-refractivity contribution in [1.29, 1.82) is 0 Å². The lowest BCUT2D eigenvalue weighted by Crippen LogP contribution is -2.31. The van der Waals surface area contributed by atoms with Crippen LogP contribution in [-0.4, -0.2) is 53.4 Å². The van der Waals surface area contributed by atoms with Gasteiger partial charge in [-0.3, -0.25) is 9.88 Å². The number of methoxy groups -OCH3 is 1. The Kier molecular flexibility index (Phi) is 5.02. The predicted molar refractivity (Wildman–Crippen MR) is 89.7 cm³/mol. The van der Waals surface area contributed by atoms with E-state index in [-0.39, 0.29) is 0 Å². The van der Waals surface area contributed by atoms with Crippen LogP contribution >= 0.6 is 0 Å². The normalized spacial score (nSPS) is 16.2. The standard InChI is InChI=1S/C17H23N5O/c1-14-4-5-17(20-19-14)22-9-3-8-21(10-11-22)13-15-12-16(23-2)6-7-18-15/h4-7,12H,3,8-11,13H2,1-2H3. The Morgan fingerprint density at radius 3 is 2.78 bits per heavy atom. The third-order valence-electron chi connectivity index (χ3n) is 4.11. The molecule has 1 aliphatic rings. The van der Waals surface area contributed by atoms with Crippen molar-refractivity contribution in [2.75, 3.05) is 38.2 Å². The topological polar surface area (TPSA) is 54.4 Å². The molecule has 122 valence electrons. The highest BCUT2D eigenvalue weighted by Gasteiger charge is 2.17. The first-order valence-corrected chi connectivity index (χ1v) is 8.01. The quantitative estimate of drug-likeness (QED) is 0.859. The molecule has 0 radical (unpaired) electrons. The van der Waals surface area contributed by atoms with Gasteiger partial charge in [0, 0.05) is 45.0 Å². The van der Waals surface area contributed by atoms with Gasteiger partial charge < -0.3 is 9.64 Å². The minimum atomic E-state index is 0.852. The number of ether oxygens (including phenoxy) is 1. The zero-order valence-corrected chi connectivity index (χ0v) is 13.8. The molecule has 0 aliphatic carbocycles. The molecule has 0 unspecified atom stereocenters. The zero-order chi connectivity index (χ0) is 16.1. The monoisotopic (exact) mass is 313 g/mol. The fourth-order valence-electron chi connectivity index (χ4n) is 2.82. The Balaban J connectivity index is 1.60. The lowest BCUT2D eigenvalue weighted by atomic mass is 10.3. The Morgan fingerprint density at radius 2 is 2.00 bits per heavy atom. The highest BCUT2D eigenvalue weighted by molar-refractivity contribution is 5.37. The maximum absolute atomic E-state index is 5.27. The van der Waals surface area contributed by atoms with Crippen molar-refractivity contribution in [2.24, 2.45) is 0 Å². The van der Waals surface area contributed by atoms with Crippen molar-refractivity contribution in [3.05, 3.63) is 41.9 Å². The molecule has 0 atom stereocenters. The number of nitrogens with zero attached hydrogens (tertiary/aromatic N) is 5. The Bertz CT molecular complexity index is 631. The Hall–Kier alpha value is -2.21. The summed E-state index contributed by atoms with van der Waals surface area (Å²) in [5, 5.41) is 8.47. The fraction of sp³-hybridized carbons (Fsp3) is 0.471. The number of aryl methyl sites for hydroxylation is 1. The number of aromatic nitrogens is 3. The summed E-state index contributed by atoms with van der Waals surface area (Å²) in [5.41, 5.74) is 2.00. The minimum Gasteiger partial charge on any atom is -0.497 e. The van der Waals surface area contributed by atoms with E-state index in [1.54, 1.807) is 13.3 Å². The third-order valence-corrected chi connectivity index (χ3v) is 4.11. The molecule has 0 saturated carbocycles. The molecule has 0 amide bonds. The van der Waals surface area contributed by atoms with Crippen LogP contribution in [0.1, 0.15) is 17.8 Å². The van der Waals surface area contributed by atoms with Gasteiger partial charge in [-0.25, -0.2) is 0 Å². The number of rotatable bonds is 4. The van der Waals surface area contributed by atoms with E-state index in [4.69, 9.17) is 4.74 Å². The Labute approximate surface area is 137 Å². The van der Waals surface area contributed by atoms with E-state index in [0.717, 1.165) is 62.1 Å². The average Bonchev–Trinajstić information content (AvgIpc) is 2.81. The minimum absolute atomic E-state index is 0.852. The summed E-state index contributed by atoms with van der Waals surface area (Å²) in [7, 11) is 1.69. The van der Waals surface area contributed by atoms with E-state index < -0.39 is 0 Å². The number of anilines is 1. The first kappa shape index (κ1) is 15.7. The molecule has 2 aromatic heterocycles. The third kappa shape index (κ3) is 4.16. The second kappa shape index (κ2) is 7.37. The summed E-state index contributed by atoms with van der Waals surface area (Å²) in [5.74, 6) is 1.83. The van der Waals surface area contributed by atoms with Gasteiger partial charge in [-0.1, -0.05) is 0 Å². The van der Waals surface area contributed by atoms with Gasteiger partial charge in [-0.05, 0) is 31.5 Å². The largest absolute Gasteiger partial charge is 0.497 e. The van der Waals surface area contributed by atoms with Gasteiger partial charge >= 0.3 is 0 Å². The molecule has 6 heteroatoms. The van der Waals surface area contributed by atoms with Gasteiger partial charge in [0.2, 0.25) is 0 Å². The van der Waals surface area contributed by atoms with Crippen LogP contribution in [0.25, 0.3) is 0 Å². The van der Waals surface area contributed by atoms with E-state index in [1.165, 1.54) is 0 Å². The van der Waals surface area contributed by atoms with Crippen molar-refractivity contribution >= 4 is 5.82 Å². The highest BCUT2D eigenvalue weighted by atomic mass is 16.5. The van der Waals surface area contributed by atoms with Crippen LogP contribution in [0.3, 0.4) is 0 Å². The average molecular weight is 313 g/mol. The zero-order valence-electron chi connectivity index (χ0n) is 13.8. The molecule has 6 nitrogen and oxygen atoms in total. The van der Waals surface area contributed by atoms with Gasteiger partial charge in [0.1, 0.15) is 5.75 Å². The van der Waals surface area contributed by atoms with Crippen LogP contribution < -0.4 is 9.64 Å². The molecule has 3 rings (SSSR count). The molecule has 0 N–H and O–H groups in total. The van der Waals surface area contributed by atoms with Crippen molar-refractivity contribution in [1.82, 2.24) is 20.1 Å². The fourth-order valence-corrected chi connectivity index (χ4v) is 2.82. The molecule has 0 bridgehead atoms. The van der Waals surface area contributed by atoms with Crippen LogP contribution in [0.4, 0.5) is 5.82 Å². The number of hydrogen-bond donors (Lipinski definition) is 0. The van der Waals surface area contributed by atoms with E-state index >= 15 is 0 Å². The van der Waals surface area contributed by atoms with Gasteiger partial charge in [0.15, 0.2) is 5.82 Å². The van der Waals surface area contributed by atoms with Gasteiger partial charge in [0.25, 0.3) is 0 Å². The molecule has 2 aromatic rings. The summed E-state index contributed by atoms with van der Waals surface area (Å²) < 4.78 is 5.27. The molecule has 0 spiro atoms. The van der Waals surface area contributed by atoms with E-state index in [2.05, 4.69) is 31.0 Å². The van der Waals surface area contributed by atoms with Gasteiger partial charge in [-0.2, -0.15) is 5.10 Å². The van der Waals surface area contributed by atoms with Crippen molar-refractivity contribution in [3.63, 3.8) is 0 Å². The summed E-state index contributed by atoms with van der Waals surface area (Å²) >= 11 is 0. The highest BCUT2D eigenvalue weighted by Crippen LogP contribution is 2.16. The summed E-state index contributed by atoms with van der Waals surface area (Å²) in [6.07, 6.45) is 2.92. The first-order chi connectivity index (χ1) is 11.2. The molecule has 1 aliphatic heterocycles. The molecule has 0 aromatic carbocycles. The summed E-state index contributed by atoms with van der Waals surface area (Å²) in [6.45, 7) is 6.84. The molecular formula is C17H23N5O. The molecule has 3 heterocycles. The second-order valence-electron chi connectivity index (χ2n) is 5.84. The smallest absolute Gasteiger partial charge is 0.151 e. The number of hydrogen-bond acceptors (Lipinski definition) is 6. The SMILES string of the molecule is COc1ccnc(CN2CCCN(c3ccc(C)nn3)CC2)c1. The maximum atomic E-state index is 5.27. The summed E-state index contributed by atoms with van der Waals surface area (Å²) in [4.78, 5) is 9.19. The number of pyridine rings is 1. The van der Waals surface area contributed by atoms with Crippen LogP contribution in [0.2, 0.25) is 0 Å². The molecular weight excluding hydrogens is 290 g/mol. The van der Waals surface area contributed by atoms with Crippen LogP contribution in [0, 0.1) is 6.92 Å². The van der Waals surface area contributed by atoms with Crippen molar-refractivity contribution < 1.29 is 4.74 Å². The van der Waals surface area contributed by atoms with Crippen molar-refractivity contribution in [3.8, 4) is 5.75 Å². The van der Waals surface area contributed by atoms with Crippen LogP contribution in [-0.2, 0) is 6.54 Å². The van der Waals surface area contributed by atoms with E-state index in [9.17, 15) is 0 Å². The predicted octanol–water partition coefficient (Wildman–Crippen LogP) is 1.90. The van der Waals surface area contributed by atoms with Crippen LogP contribution in [0.15, 0.2) is 30.5 Å². The van der Waals surface area contributed by atoms with Gasteiger partial charge in [-0.15, -0.1) is 5.10 Å². The van der Waals surface area contributed by atoms with E-state index in [1.807, 2.05) is 25.1 Å². The Morgan fingerprint density at radius 1 is 1.09 bits per heavy atom. The second-order valence-corrected chi connectivity index (χ2v) is 5.84. The molecule has 1 fully saturated rings. The van der Waals surface area contributed by atoms with Gasteiger partial charge in [0.05, 0.1) is 18.5 Å². The summed E-state index contributed by atoms with van der Waals surface area (Å²) in [6, 6.07) is 7.96. The molecule has 23 heavy (non-hydrogen) atoms. The van der Waals surface area contributed by atoms with Crippen molar-refractivity contribution in [2.45, 2.75) is 19.9 Å². The lowest BCUT2D eigenvalue weighted by molar-refractivity contribution is 0.281. The maximum Gasteiger partial charge on any atom is 0.151 e. The van der Waals surface area contributed by atoms with Crippen LogP contribution in [0.5, 0.6) is 5.75 Å².